The summed E-state index contributed by atoms with van der Waals surface area (Å²) in [5.41, 5.74) is 6.47. The fraction of sp³-hybridized carbons (Fsp3) is 0.529. The smallest absolute Gasteiger partial charge is 0.184 e. The third-order valence-corrected chi connectivity index (χ3v) is 3.24. The molecule has 0 saturated carbocycles. The highest BCUT2D eigenvalue weighted by Gasteiger charge is 2.26. The molecule has 0 spiro atoms. The minimum Gasteiger partial charge on any atom is -0.491 e. The lowest BCUT2D eigenvalue weighted by atomic mass is 10.1. The first-order valence-electron chi connectivity index (χ1n) is 7.70. The molecule has 2 atom stereocenters. The molecule has 1 heterocycles. The van der Waals surface area contributed by atoms with E-state index in [0.29, 0.717) is 13.2 Å². The van der Waals surface area contributed by atoms with Crippen LogP contribution in [0.4, 0.5) is 0 Å². The number of carbonyl (C=O) groups excluding carboxylic acids is 1. The van der Waals surface area contributed by atoms with E-state index in [2.05, 4.69) is 6.58 Å². The molecule has 23 heavy (non-hydrogen) atoms. The van der Waals surface area contributed by atoms with E-state index in [9.17, 15) is 0 Å². The Hall–Kier alpha value is -1.69. The van der Waals surface area contributed by atoms with Gasteiger partial charge in [-0.3, -0.25) is 0 Å². The van der Waals surface area contributed by atoms with Gasteiger partial charge >= 0.3 is 0 Å². The lowest BCUT2D eigenvalue weighted by Gasteiger charge is -2.12. The van der Waals surface area contributed by atoms with Crippen LogP contribution in [0, 0.1) is 0 Å². The Kier molecular flexibility index (Phi) is 9.95. The molecule has 6 heteroatoms. The molecule has 0 radical (unpaired) electrons. The minimum atomic E-state index is -0.287. The number of ether oxygens (including phenoxy) is 3. The van der Waals surface area contributed by atoms with E-state index >= 15 is 0 Å². The Morgan fingerprint density at radius 1 is 1.35 bits per heavy atom. The van der Waals surface area contributed by atoms with Crippen molar-refractivity contribution in [3.05, 3.63) is 36.4 Å². The lowest BCUT2D eigenvalue weighted by molar-refractivity contribution is -0.0613. The third kappa shape index (κ3) is 7.41. The second kappa shape index (κ2) is 11.8. The Bertz CT molecular complexity index is 457. The molecule has 1 aliphatic heterocycles. The number of hydrogen-bond donors (Lipinski definition) is 2. The van der Waals surface area contributed by atoms with E-state index in [1.54, 1.807) is 0 Å². The highest BCUT2D eigenvalue weighted by atomic mass is 16.7. The maximum Gasteiger partial charge on any atom is 0.184 e. The first kappa shape index (κ1) is 19.4. The zero-order valence-electron chi connectivity index (χ0n) is 13.3. The SMILES string of the molecule is C=C=O.NCCCCC1COC(c2ccc(OCCO)cc2)O1. The van der Waals surface area contributed by atoms with Gasteiger partial charge in [-0.15, -0.1) is 0 Å². The zero-order valence-corrected chi connectivity index (χ0v) is 13.3. The molecule has 1 aromatic rings. The lowest BCUT2D eigenvalue weighted by Crippen LogP contribution is -2.10. The van der Waals surface area contributed by atoms with Gasteiger partial charge in [-0.1, -0.05) is 12.1 Å². The molecule has 0 bridgehead atoms. The monoisotopic (exact) mass is 323 g/mol. The summed E-state index contributed by atoms with van der Waals surface area (Å²) < 4.78 is 16.9. The Balaban J connectivity index is 0.000000816. The van der Waals surface area contributed by atoms with E-state index in [-0.39, 0.29) is 19.0 Å². The summed E-state index contributed by atoms with van der Waals surface area (Å²) in [6.07, 6.45) is 2.97. The second-order valence-electron chi connectivity index (χ2n) is 4.99. The van der Waals surface area contributed by atoms with Gasteiger partial charge in [-0.05, 0) is 44.5 Å². The quantitative estimate of drug-likeness (QED) is 0.558. The average Bonchev–Trinajstić information content (AvgIpc) is 3.03. The molecule has 0 aromatic heterocycles. The second-order valence-corrected chi connectivity index (χ2v) is 4.99. The van der Waals surface area contributed by atoms with Crippen LogP contribution in [0.15, 0.2) is 30.8 Å². The number of benzene rings is 1. The van der Waals surface area contributed by atoms with Crippen LogP contribution >= 0.6 is 0 Å². The fourth-order valence-corrected chi connectivity index (χ4v) is 2.18. The van der Waals surface area contributed by atoms with Crippen molar-refractivity contribution in [1.82, 2.24) is 0 Å². The van der Waals surface area contributed by atoms with Crippen molar-refractivity contribution in [3.8, 4) is 5.75 Å². The normalized spacial score (nSPS) is 19.6. The van der Waals surface area contributed by atoms with Gasteiger partial charge in [0.05, 0.1) is 19.3 Å². The van der Waals surface area contributed by atoms with Gasteiger partial charge < -0.3 is 25.1 Å². The van der Waals surface area contributed by atoms with Crippen LogP contribution in [-0.4, -0.2) is 43.5 Å². The molecule has 2 rings (SSSR count). The predicted molar refractivity (Wildman–Crippen MR) is 86.8 cm³/mol. The molecular formula is C17H25NO5. The zero-order chi connectivity index (χ0) is 16.9. The summed E-state index contributed by atoms with van der Waals surface area (Å²) in [6.45, 7) is 4.37. The number of nitrogens with two attached hydrogens (primary N) is 1. The van der Waals surface area contributed by atoms with Crippen LogP contribution in [0.5, 0.6) is 5.75 Å². The predicted octanol–water partition coefficient (Wildman–Crippen LogP) is 1.60. The van der Waals surface area contributed by atoms with Gasteiger partial charge in [0.15, 0.2) is 6.29 Å². The number of hydrogen-bond acceptors (Lipinski definition) is 6. The molecule has 3 N–H and O–H groups in total. The average molecular weight is 323 g/mol. The van der Waals surface area contributed by atoms with Gasteiger partial charge in [0.2, 0.25) is 0 Å². The Morgan fingerprint density at radius 3 is 2.65 bits per heavy atom. The highest BCUT2D eigenvalue weighted by Crippen LogP contribution is 2.29. The van der Waals surface area contributed by atoms with Gasteiger partial charge in [0.1, 0.15) is 18.3 Å². The number of rotatable bonds is 8. The van der Waals surface area contributed by atoms with Crippen molar-refractivity contribution >= 4 is 5.94 Å². The van der Waals surface area contributed by atoms with Crippen LogP contribution < -0.4 is 10.5 Å². The molecule has 1 fully saturated rings. The van der Waals surface area contributed by atoms with Crippen LogP contribution in [0.25, 0.3) is 0 Å². The van der Waals surface area contributed by atoms with Gasteiger partial charge in [-0.2, -0.15) is 0 Å². The number of unbranched alkanes of at least 4 members (excludes halogenated alkanes) is 1. The molecule has 0 aliphatic carbocycles. The molecule has 1 aromatic carbocycles. The molecule has 1 saturated heterocycles. The standard InChI is InChI=1S/C15H23NO4.C2H2O/c16-8-2-1-3-14-11-19-15(20-14)12-4-6-13(7-5-12)18-10-9-17;1-2-3/h4-7,14-15,17H,1-3,8-11,16H2;1H2. The fourth-order valence-electron chi connectivity index (χ4n) is 2.18. The first-order valence-corrected chi connectivity index (χ1v) is 7.70. The van der Waals surface area contributed by atoms with Crippen molar-refractivity contribution in [2.24, 2.45) is 5.73 Å². The van der Waals surface area contributed by atoms with Crippen LogP contribution in [0.3, 0.4) is 0 Å². The van der Waals surface area contributed by atoms with E-state index in [1.165, 1.54) is 5.94 Å². The van der Waals surface area contributed by atoms with Crippen molar-refractivity contribution in [3.63, 3.8) is 0 Å². The summed E-state index contributed by atoms with van der Waals surface area (Å²) in [5.74, 6) is 1.99. The van der Waals surface area contributed by atoms with Gasteiger partial charge in [-0.25, -0.2) is 4.79 Å². The Morgan fingerprint density at radius 2 is 2.04 bits per heavy atom. The highest BCUT2D eigenvalue weighted by molar-refractivity contribution is 5.38. The van der Waals surface area contributed by atoms with E-state index in [4.69, 9.17) is 29.8 Å². The van der Waals surface area contributed by atoms with Crippen LogP contribution in [0.1, 0.15) is 31.1 Å². The minimum absolute atomic E-state index is 0.0150. The number of aliphatic hydroxyl groups is 1. The molecule has 1 aliphatic rings. The molecule has 6 nitrogen and oxygen atoms in total. The van der Waals surface area contributed by atoms with Gasteiger partial charge in [0.25, 0.3) is 0 Å². The molecular weight excluding hydrogens is 298 g/mol. The van der Waals surface area contributed by atoms with E-state index < -0.39 is 0 Å². The van der Waals surface area contributed by atoms with Crippen molar-refractivity contribution in [2.75, 3.05) is 26.4 Å². The van der Waals surface area contributed by atoms with E-state index in [0.717, 1.165) is 37.1 Å². The van der Waals surface area contributed by atoms with Gasteiger partial charge in [0, 0.05) is 5.56 Å². The largest absolute Gasteiger partial charge is 0.491 e. The topological polar surface area (TPSA) is 91.0 Å². The van der Waals surface area contributed by atoms with E-state index in [1.807, 2.05) is 24.3 Å². The summed E-state index contributed by atoms with van der Waals surface area (Å²) in [6, 6.07) is 7.58. The molecule has 2 unspecified atom stereocenters. The summed E-state index contributed by atoms with van der Waals surface area (Å²) in [4.78, 5) is 8.57. The van der Waals surface area contributed by atoms with Crippen molar-refractivity contribution in [1.29, 1.82) is 0 Å². The van der Waals surface area contributed by atoms with Crippen molar-refractivity contribution in [2.45, 2.75) is 31.7 Å². The summed E-state index contributed by atoms with van der Waals surface area (Å²) >= 11 is 0. The Labute approximate surface area is 136 Å². The van der Waals surface area contributed by atoms with Crippen LogP contribution in [0.2, 0.25) is 0 Å². The number of aliphatic hydroxyl groups excluding tert-OH is 1. The summed E-state index contributed by atoms with van der Waals surface area (Å²) in [7, 11) is 0. The maximum absolute atomic E-state index is 8.70. The third-order valence-electron chi connectivity index (χ3n) is 3.24. The van der Waals surface area contributed by atoms with Crippen molar-refractivity contribution < 1.29 is 24.1 Å². The van der Waals surface area contributed by atoms with Crippen LogP contribution in [-0.2, 0) is 14.3 Å². The molecule has 128 valence electrons. The first-order chi connectivity index (χ1) is 11.2. The summed E-state index contributed by atoms with van der Waals surface area (Å²) in [5, 5.41) is 8.70. The molecule has 0 amide bonds. The maximum atomic E-state index is 8.70.